The van der Waals surface area contributed by atoms with Gasteiger partial charge in [-0.05, 0) is 74.1 Å². The van der Waals surface area contributed by atoms with Crippen LogP contribution in [0.15, 0.2) is 36.7 Å². The number of aromatic nitrogens is 1. The number of carboxylic acid groups (broad SMARTS) is 1. The SMILES string of the molecule is CCOc1cc([C@@H](C)N(CCCc2ccncc2)C(=O)NC2(C(=O)O)CC(F)(F)C2)cc(COC)c1C. The van der Waals surface area contributed by atoms with Crippen LogP contribution in [0.2, 0.25) is 0 Å². The van der Waals surface area contributed by atoms with Gasteiger partial charge in [0, 0.05) is 38.9 Å². The Morgan fingerprint density at radius 1 is 1.24 bits per heavy atom. The third-order valence-corrected chi connectivity index (χ3v) is 6.79. The number of halogens is 2. The molecule has 1 saturated carbocycles. The molecule has 1 aliphatic rings. The first-order chi connectivity index (χ1) is 17.5. The topological polar surface area (TPSA) is 101 Å². The minimum atomic E-state index is -3.12. The molecule has 2 amide bonds. The number of methoxy groups -OCH3 is 1. The molecule has 1 aliphatic carbocycles. The Morgan fingerprint density at radius 2 is 1.92 bits per heavy atom. The second-order valence-electron chi connectivity index (χ2n) is 9.52. The summed E-state index contributed by atoms with van der Waals surface area (Å²) < 4.78 is 38.5. The number of urea groups is 1. The number of hydrogen-bond donors (Lipinski definition) is 2. The zero-order chi connectivity index (χ0) is 27.2. The third kappa shape index (κ3) is 6.74. The maximum absolute atomic E-state index is 13.7. The summed E-state index contributed by atoms with van der Waals surface area (Å²) in [4.78, 5) is 30.8. The zero-order valence-electron chi connectivity index (χ0n) is 21.7. The maximum atomic E-state index is 13.7. The van der Waals surface area contributed by atoms with Gasteiger partial charge >= 0.3 is 12.0 Å². The first kappa shape index (κ1) is 28.3. The van der Waals surface area contributed by atoms with Crippen LogP contribution < -0.4 is 10.1 Å². The number of pyridine rings is 1. The highest BCUT2D eigenvalue weighted by Crippen LogP contribution is 2.46. The van der Waals surface area contributed by atoms with Gasteiger partial charge in [0.15, 0.2) is 5.54 Å². The van der Waals surface area contributed by atoms with Crippen molar-refractivity contribution in [3.63, 3.8) is 0 Å². The van der Waals surface area contributed by atoms with Crippen LogP contribution in [-0.4, -0.2) is 58.7 Å². The van der Waals surface area contributed by atoms with Gasteiger partial charge in [-0.1, -0.05) is 6.07 Å². The Labute approximate surface area is 216 Å². The summed E-state index contributed by atoms with van der Waals surface area (Å²) in [7, 11) is 1.59. The van der Waals surface area contributed by atoms with Crippen LogP contribution in [0, 0.1) is 6.92 Å². The van der Waals surface area contributed by atoms with Crippen molar-refractivity contribution in [3.05, 3.63) is 58.9 Å². The van der Waals surface area contributed by atoms with Crippen molar-refractivity contribution in [2.24, 2.45) is 0 Å². The number of rotatable bonds is 12. The molecule has 1 heterocycles. The summed E-state index contributed by atoms with van der Waals surface area (Å²) >= 11 is 0. The fourth-order valence-electron chi connectivity index (χ4n) is 4.68. The lowest BCUT2D eigenvalue weighted by atomic mass is 9.73. The van der Waals surface area contributed by atoms with E-state index in [1.165, 1.54) is 4.90 Å². The molecule has 0 unspecified atom stereocenters. The lowest BCUT2D eigenvalue weighted by Crippen LogP contribution is -2.68. The third-order valence-electron chi connectivity index (χ3n) is 6.79. The fourth-order valence-corrected chi connectivity index (χ4v) is 4.68. The summed E-state index contributed by atoms with van der Waals surface area (Å²) in [5.41, 5.74) is 1.64. The number of amides is 2. The van der Waals surface area contributed by atoms with Crippen molar-refractivity contribution in [2.45, 2.75) is 70.6 Å². The Morgan fingerprint density at radius 3 is 2.49 bits per heavy atom. The number of aryl methyl sites for hydroxylation is 1. The lowest BCUT2D eigenvalue weighted by molar-refractivity contribution is -0.175. The van der Waals surface area contributed by atoms with Gasteiger partial charge in [0.2, 0.25) is 0 Å². The van der Waals surface area contributed by atoms with Crippen LogP contribution in [0.3, 0.4) is 0 Å². The fraction of sp³-hybridized carbons (Fsp3) is 0.519. The highest BCUT2D eigenvalue weighted by atomic mass is 19.3. The average Bonchev–Trinajstić information content (AvgIpc) is 2.83. The first-order valence-corrected chi connectivity index (χ1v) is 12.4. The highest BCUT2D eigenvalue weighted by molar-refractivity contribution is 5.88. The van der Waals surface area contributed by atoms with Gasteiger partial charge in [-0.3, -0.25) is 4.98 Å². The summed E-state index contributed by atoms with van der Waals surface area (Å²) in [6.07, 6.45) is 2.75. The standard InChI is InChI=1S/C27H35F2N3O5/c1-5-37-23-14-21(13-22(15-36-4)18(23)2)19(3)32(12-6-7-20-8-10-30-11-9-20)25(35)31-26(24(33)34)16-27(28,29)17-26/h8-11,13-14,19H,5-7,12,15-17H2,1-4H3,(H,31,35)(H,33,34)/t19-/m1/s1. The molecular formula is C27H35F2N3O5. The van der Waals surface area contributed by atoms with Crippen molar-refractivity contribution in [3.8, 4) is 5.75 Å². The van der Waals surface area contributed by atoms with E-state index in [1.54, 1.807) is 19.5 Å². The van der Waals surface area contributed by atoms with Crippen molar-refractivity contribution in [2.75, 3.05) is 20.3 Å². The highest BCUT2D eigenvalue weighted by Gasteiger charge is 2.62. The number of aliphatic carboxylic acids is 1. The number of benzene rings is 1. The summed E-state index contributed by atoms with van der Waals surface area (Å²) in [6, 6.07) is 6.35. The molecule has 1 fully saturated rings. The van der Waals surface area contributed by atoms with Crippen molar-refractivity contribution in [1.29, 1.82) is 0 Å². The lowest BCUT2D eigenvalue weighted by Gasteiger charge is -2.45. The van der Waals surface area contributed by atoms with E-state index in [0.29, 0.717) is 31.8 Å². The minimum absolute atomic E-state index is 0.277. The molecule has 2 N–H and O–H groups in total. The molecule has 37 heavy (non-hydrogen) atoms. The Balaban J connectivity index is 1.89. The van der Waals surface area contributed by atoms with Gasteiger partial charge in [0.25, 0.3) is 5.92 Å². The predicted octanol–water partition coefficient (Wildman–Crippen LogP) is 4.89. The molecule has 1 aromatic carbocycles. The van der Waals surface area contributed by atoms with E-state index < -0.39 is 42.3 Å². The molecule has 8 nitrogen and oxygen atoms in total. The predicted molar refractivity (Wildman–Crippen MR) is 134 cm³/mol. The van der Waals surface area contributed by atoms with Crippen LogP contribution in [0.4, 0.5) is 13.6 Å². The molecular weight excluding hydrogens is 484 g/mol. The van der Waals surface area contributed by atoms with E-state index >= 15 is 0 Å². The van der Waals surface area contributed by atoms with Gasteiger partial charge in [-0.2, -0.15) is 0 Å². The normalized spacial score (nSPS) is 16.4. The molecule has 3 rings (SSSR count). The van der Waals surface area contributed by atoms with Crippen molar-refractivity contribution in [1.82, 2.24) is 15.2 Å². The quantitative estimate of drug-likeness (QED) is 0.414. The molecule has 0 bridgehead atoms. The summed E-state index contributed by atoms with van der Waals surface area (Å²) in [6.45, 7) is 6.71. The van der Waals surface area contributed by atoms with Crippen LogP contribution >= 0.6 is 0 Å². The molecule has 0 spiro atoms. The number of hydrogen-bond acceptors (Lipinski definition) is 5. The number of carboxylic acids is 1. The second-order valence-corrected chi connectivity index (χ2v) is 9.52. The van der Waals surface area contributed by atoms with Crippen LogP contribution in [0.5, 0.6) is 5.75 Å². The minimum Gasteiger partial charge on any atom is -0.494 e. The number of carbonyl (C=O) groups is 2. The van der Waals surface area contributed by atoms with Gasteiger partial charge in [0.1, 0.15) is 5.75 Å². The van der Waals surface area contributed by atoms with E-state index in [9.17, 15) is 23.5 Å². The van der Waals surface area contributed by atoms with Crippen LogP contribution in [0.1, 0.15) is 61.4 Å². The Bertz CT molecular complexity index is 1060. The largest absolute Gasteiger partial charge is 0.494 e. The number of carbonyl (C=O) groups excluding carboxylic acids is 1. The number of nitrogens with one attached hydrogen (secondary N) is 1. The monoisotopic (exact) mass is 519 g/mol. The molecule has 2 aromatic rings. The molecule has 1 aromatic heterocycles. The van der Waals surface area contributed by atoms with Gasteiger partial charge in [-0.15, -0.1) is 0 Å². The number of nitrogens with zero attached hydrogens (tertiary/aromatic N) is 2. The molecule has 202 valence electrons. The Hall–Kier alpha value is -3.27. The van der Waals surface area contributed by atoms with Crippen LogP contribution in [0.25, 0.3) is 0 Å². The number of ether oxygens (including phenoxy) is 2. The molecule has 0 saturated heterocycles. The smallest absolute Gasteiger partial charge is 0.329 e. The van der Waals surface area contributed by atoms with E-state index in [4.69, 9.17) is 9.47 Å². The molecule has 0 radical (unpaired) electrons. The Kier molecular flexibility index (Phi) is 9.07. The van der Waals surface area contributed by atoms with Crippen molar-refractivity contribution >= 4 is 12.0 Å². The second kappa shape index (κ2) is 11.9. The zero-order valence-corrected chi connectivity index (χ0v) is 21.7. The van der Waals surface area contributed by atoms with Crippen molar-refractivity contribution < 1.29 is 33.0 Å². The van der Waals surface area contributed by atoms with E-state index in [0.717, 1.165) is 22.3 Å². The van der Waals surface area contributed by atoms with Gasteiger partial charge in [0.05, 0.1) is 19.3 Å². The van der Waals surface area contributed by atoms with E-state index in [2.05, 4.69) is 10.3 Å². The maximum Gasteiger partial charge on any atom is 0.329 e. The van der Waals surface area contributed by atoms with E-state index in [-0.39, 0.29) is 6.54 Å². The van der Waals surface area contributed by atoms with Gasteiger partial charge < -0.3 is 24.8 Å². The summed E-state index contributed by atoms with van der Waals surface area (Å²) in [5, 5.41) is 12.1. The van der Waals surface area contributed by atoms with Crippen LogP contribution in [-0.2, 0) is 22.6 Å². The number of alkyl halides is 2. The molecule has 10 heteroatoms. The summed E-state index contributed by atoms with van der Waals surface area (Å²) in [5.74, 6) is -3.92. The molecule has 1 atom stereocenters. The van der Waals surface area contributed by atoms with Gasteiger partial charge in [-0.25, -0.2) is 18.4 Å². The molecule has 0 aliphatic heterocycles. The average molecular weight is 520 g/mol. The van der Waals surface area contributed by atoms with E-state index in [1.807, 2.05) is 45.0 Å². The first-order valence-electron chi connectivity index (χ1n) is 12.4.